The van der Waals surface area contributed by atoms with Crippen LogP contribution in [0.25, 0.3) is 0 Å². The van der Waals surface area contributed by atoms with Crippen LogP contribution in [0.15, 0.2) is 47.9 Å². The lowest BCUT2D eigenvalue weighted by atomic mass is 9.93. The lowest BCUT2D eigenvalue weighted by Crippen LogP contribution is -2.26. The van der Waals surface area contributed by atoms with Crippen LogP contribution in [0.1, 0.15) is 43.7 Å². The highest BCUT2D eigenvalue weighted by molar-refractivity contribution is 7.92. The summed E-state index contributed by atoms with van der Waals surface area (Å²) in [5, 5.41) is 4.50. The van der Waals surface area contributed by atoms with Crippen molar-refractivity contribution in [2.45, 2.75) is 49.0 Å². The van der Waals surface area contributed by atoms with Crippen molar-refractivity contribution in [1.82, 2.24) is 19.7 Å². The highest BCUT2D eigenvalue weighted by atomic mass is 35.5. The zero-order valence-corrected chi connectivity index (χ0v) is 18.6. The van der Waals surface area contributed by atoms with Crippen LogP contribution in [-0.2, 0) is 18.4 Å². The van der Waals surface area contributed by atoms with Crippen LogP contribution in [0.3, 0.4) is 0 Å². The van der Waals surface area contributed by atoms with Crippen LogP contribution in [0.5, 0.6) is 5.75 Å². The third-order valence-electron chi connectivity index (χ3n) is 5.44. The second-order valence-electron chi connectivity index (χ2n) is 7.46. The molecular formula is C21H23ClFN5O2S. The van der Waals surface area contributed by atoms with Crippen molar-refractivity contribution < 1.29 is 13.7 Å². The Morgan fingerprint density at radius 2 is 2.06 bits per heavy atom. The summed E-state index contributed by atoms with van der Waals surface area (Å²) in [4.78, 5) is 7.66. The summed E-state index contributed by atoms with van der Waals surface area (Å²) in [6.07, 6.45) is 9.51. The Kier molecular flexibility index (Phi) is 6.94. The van der Waals surface area contributed by atoms with Gasteiger partial charge in [-0.1, -0.05) is 24.4 Å². The predicted molar refractivity (Wildman–Crippen MR) is 117 cm³/mol. The largest absolute Gasteiger partial charge is 0.588 e. The van der Waals surface area contributed by atoms with Gasteiger partial charge in [0.2, 0.25) is 4.90 Å². The molecule has 3 atom stereocenters. The number of aromatic nitrogens is 4. The average Bonchev–Trinajstić information content (AvgIpc) is 3.05. The van der Waals surface area contributed by atoms with Gasteiger partial charge < -0.3 is 9.29 Å². The SMILES string of the molecule is Cn1nccc1[C@H]1CCCCC[C@@H]1Oc1cc(F)c([S+]([O-])Nc2ccncn2)cc1Cl. The normalized spacial score (nSPS) is 20.1. The minimum absolute atomic E-state index is 0.0694. The lowest BCUT2D eigenvalue weighted by molar-refractivity contribution is 0.157. The van der Waals surface area contributed by atoms with Gasteiger partial charge in [0.1, 0.15) is 29.5 Å². The maximum absolute atomic E-state index is 14.8. The van der Waals surface area contributed by atoms with Crippen molar-refractivity contribution in [3.8, 4) is 5.75 Å². The summed E-state index contributed by atoms with van der Waals surface area (Å²) in [6.45, 7) is 0. The molecule has 0 radical (unpaired) electrons. The van der Waals surface area contributed by atoms with Crippen LogP contribution in [-0.4, -0.2) is 30.4 Å². The highest BCUT2D eigenvalue weighted by Gasteiger charge is 2.30. The molecule has 4 rings (SSSR count). The fraction of sp³-hybridized carbons (Fsp3) is 0.381. The van der Waals surface area contributed by atoms with Gasteiger partial charge in [-0.25, -0.2) is 14.4 Å². The van der Waals surface area contributed by atoms with Gasteiger partial charge in [0, 0.05) is 49.3 Å². The number of benzene rings is 1. The van der Waals surface area contributed by atoms with Gasteiger partial charge in [-0.3, -0.25) is 4.68 Å². The summed E-state index contributed by atoms with van der Waals surface area (Å²) >= 11 is 4.54. The molecule has 0 saturated heterocycles. The summed E-state index contributed by atoms with van der Waals surface area (Å²) in [5.41, 5.74) is 1.09. The molecule has 164 valence electrons. The predicted octanol–water partition coefficient (Wildman–Crippen LogP) is 4.63. The lowest BCUT2D eigenvalue weighted by Gasteiger charge is -2.27. The van der Waals surface area contributed by atoms with Gasteiger partial charge in [-0.15, -0.1) is 0 Å². The number of hydrogen-bond donors (Lipinski definition) is 1. The second kappa shape index (κ2) is 9.84. The van der Waals surface area contributed by atoms with Gasteiger partial charge in [0.25, 0.3) is 0 Å². The zero-order chi connectivity index (χ0) is 21.8. The van der Waals surface area contributed by atoms with E-state index in [9.17, 15) is 8.94 Å². The molecular weight excluding hydrogens is 441 g/mol. The van der Waals surface area contributed by atoms with E-state index in [2.05, 4.69) is 19.8 Å². The van der Waals surface area contributed by atoms with Crippen LogP contribution in [0, 0.1) is 5.82 Å². The van der Waals surface area contributed by atoms with Gasteiger partial charge in [0.15, 0.2) is 11.6 Å². The summed E-state index contributed by atoms with van der Waals surface area (Å²) in [7, 11) is 1.92. The first-order valence-electron chi connectivity index (χ1n) is 10.1. The first kappa shape index (κ1) is 21.9. The maximum Gasteiger partial charge on any atom is 0.217 e. The Hall–Kier alpha value is -2.36. The van der Waals surface area contributed by atoms with E-state index in [0.29, 0.717) is 5.82 Å². The molecule has 3 aromatic rings. The van der Waals surface area contributed by atoms with Crippen LogP contribution in [0.4, 0.5) is 10.2 Å². The van der Waals surface area contributed by atoms with Crippen LogP contribution >= 0.6 is 11.6 Å². The highest BCUT2D eigenvalue weighted by Crippen LogP contribution is 2.37. The molecule has 10 heteroatoms. The summed E-state index contributed by atoms with van der Waals surface area (Å²) in [6, 6.07) is 6.09. The number of hydrogen-bond acceptors (Lipinski definition) is 6. The molecule has 31 heavy (non-hydrogen) atoms. The van der Waals surface area contributed by atoms with Gasteiger partial charge >= 0.3 is 0 Å². The number of aryl methyl sites for hydroxylation is 1. The molecule has 0 bridgehead atoms. The van der Waals surface area contributed by atoms with E-state index in [4.69, 9.17) is 16.3 Å². The van der Waals surface area contributed by atoms with E-state index in [0.717, 1.165) is 37.8 Å². The molecule has 0 aliphatic heterocycles. The molecule has 1 aliphatic rings. The van der Waals surface area contributed by atoms with Crippen molar-refractivity contribution in [2.24, 2.45) is 7.05 Å². The number of ether oxygens (including phenoxy) is 1. The minimum Gasteiger partial charge on any atom is -0.588 e. The standard InChI is InChI=1S/C21H23ClFN5O2S/c1-28-17(7-10-26-28)14-5-3-2-4-6-18(14)30-19-12-16(23)20(11-15(19)22)31(29)27-21-8-9-24-13-25-21/h7-14,18H,2-6H2,1H3,(H,24,25,27)/t14-,18+,31?/m1/s1. The number of anilines is 1. The molecule has 0 amide bonds. The summed E-state index contributed by atoms with van der Waals surface area (Å²) < 4.78 is 38.1. The first-order valence-corrected chi connectivity index (χ1v) is 11.6. The topological polar surface area (TPSA) is 87.9 Å². The Morgan fingerprint density at radius 3 is 2.81 bits per heavy atom. The number of nitrogens with one attached hydrogen (secondary N) is 1. The van der Waals surface area contributed by atoms with E-state index < -0.39 is 17.2 Å². The molecule has 1 saturated carbocycles. The molecule has 2 aromatic heterocycles. The van der Waals surface area contributed by atoms with E-state index in [1.807, 2.05) is 17.8 Å². The molecule has 1 aliphatic carbocycles. The van der Waals surface area contributed by atoms with Gasteiger partial charge in [-0.2, -0.15) is 9.82 Å². The van der Waals surface area contributed by atoms with Gasteiger partial charge in [-0.05, 0) is 25.3 Å². The Morgan fingerprint density at radius 1 is 1.23 bits per heavy atom. The van der Waals surface area contributed by atoms with Crippen LogP contribution in [0.2, 0.25) is 5.02 Å². The number of halogens is 2. The van der Waals surface area contributed by atoms with Crippen molar-refractivity contribution in [3.05, 3.63) is 59.5 Å². The van der Waals surface area contributed by atoms with Crippen molar-refractivity contribution in [2.75, 3.05) is 4.72 Å². The number of nitrogens with zero attached hydrogens (tertiary/aromatic N) is 4. The molecule has 7 nitrogen and oxygen atoms in total. The monoisotopic (exact) mass is 463 g/mol. The molecule has 1 fully saturated rings. The Labute approximate surface area is 188 Å². The zero-order valence-electron chi connectivity index (χ0n) is 17.0. The molecule has 1 unspecified atom stereocenters. The average molecular weight is 464 g/mol. The van der Waals surface area contributed by atoms with Gasteiger partial charge in [0.05, 0.1) is 5.02 Å². The fourth-order valence-electron chi connectivity index (χ4n) is 3.91. The molecule has 1 aromatic carbocycles. The second-order valence-corrected chi connectivity index (χ2v) is 9.05. The van der Waals surface area contributed by atoms with E-state index >= 15 is 0 Å². The minimum atomic E-state index is -1.88. The number of rotatable bonds is 6. The van der Waals surface area contributed by atoms with Crippen molar-refractivity contribution >= 4 is 28.8 Å². The van der Waals surface area contributed by atoms with E-state index in [1.54, 1.807) is 12.3 Å². The fourth-order valence-corrected chi connectivity index (χ4v) is 5.06. The summed E-state index contributed by atoms with van der Waals surface area (Å²) in [5.74, 6) is 0.0510. The van der Waals surface area contributed by atoms with E-state index in [-0.39, 0.29) is 27.7 Å². The third kappa shape index (κ3) is 5.11. The quantitative estimate of drug-likeness (QED) is 0.423. The Balaban J connectivity index is 1.55. The molecule has 2 heterocycles. The maximum atomic E-state index is 14.8. The third-order valence-corrected chi connectivity index (χ3v) is 6.84. The first-order chi connectivity index (χ1) is 15.0. The van der Waals surface area contributed by atoms with E-state index in [1.165, 1.54) is 24.7 Å². The molecule has 1 N–H and O–H groups in total. The van der Waals surface area contributed by atoms with Crippen molar-refractivity contribution in [1.29, 1.82) is 0 Å². The van der Waals surface area contributed by atoms with Crippen LogP contribution < -0.4 is 9.46 Å². The Bertz CT molecular complexity index is 1020. The molecule has 0 spiro atoms. The van der Waals surface area contributed by atoms with Crippen molar-refractivity contribution in [3.63, 3.8) is 0 Å². The smallest absolute Gasteiger partial charge is 0.217 e.